The van der Waals surface area contributed by atoms with Crippen LogP contribution in [0.2, 0.25) is 10.0 Å². The van der Waals surface area contributed by atoms with E-state index in [2.05, 4.69) is 5.32 Å². The van der Waals surface area contributed by atoms with Crippen LogP contribution in [0.25, 0.3) is 0 Å². The Morgan fingerprint density at radius 2 is 1.91 bits per heavy atom. The van der Waals surface area contributed by atoms with Crippen molar-refractivity contribution in [3.63, 3.8) is 0 Å². The van der Waals surface area contributed by atoms with Gasteiger partial charge in [-0.25, -0.2) is 0 Å². The van der Waals surface area contributed by atoms with Gasteiger partial charge in [-0.2, -0.15) is 5.26 Å². The molecule has 0 bridgehead atoms. The van der Waals surface area contributed by atoms with Crippen molar-refractivity contribution in [2.75, 3.05) is 0 Å². The Labute approximate surface area is 137 Å². The molecule has 1 amide bonds. The molecule has 2 N–H and O–H groups in total. The molecule has 0 heterocycles. The quantitative estimate of drug-likeness (QED) is 0.901. The van der Waals surface area contributed by atoms with Gasteiger partial charge in [0.05, 0.1) is 11.6 Å². The second kappa shape index (κ2) is 7.28. The molecule has 6 heteroatoms. The van der Waals surface area contributed by atoms with Crippen LogP contribution in [0.15, 0.2) is 42.5 Å². The molecule has 112 valence electrons. The predicted octanol–water partition coefficient (Wildman–Crippen LogP) is 3.21. The molecule has 2 aromatic carbocycles. The molecule has 1 atom stereocenters. The first-order chi connectivity index (χ1) is 10.5. The molecule has 0 aromatic heterocycles. The molecule has 1 unspecified atom stereocenters. The zero-order chi connectivity index (χ0) is 16.1. The van der Waals surface area contributed by atoms with E-state index in [1.54, 1.807) is 24.3 Å². The molecule has 0 radical (unpaired) electrons. The number of rotatable bonds is 4. The molecular weight excluding hydrogens is 323 g/mol. The van der Waals surface area contributed by atoms with E-state index in [9.17, 15) is 9.90 Å². The van der Waals surface area contributed by atoms with Gasteiger partial charge in [0.15, 0.2) is 6.10 Å². The average Bonchev–Trinajstić information content (AvgIpc) is 2.51. The number of hydrogen-bond donors (Lipinski definition) is 2. The van der Waals surface area contributed by atoms with Gasteiger partial charge in [-0.1, -0.05) is 35.3 Å². The van der Waals surface area contributed by atoms with Gasteiger partial charge in [-0.3, -0.25) is 4.79 Å². The summed E-state index contributed by atoms with van der Waals surface area (Å²) in [6, 6.07) is 13.4. The van der Waals surface area contributed by atoms with E-state index in [4.69, 9.17) is 28.5 Å². The summed E-state index contributed by atoms with van der Waals surface area (Å²) < 4.78 is 0. The Balaban J connectivity index is 2.03. The van der Waals surface area contributed by atoms with Crippen LogP contribution in [0.3, 0.4) is 0 Å². The molecular formula is C16H12Cl2N2O2. The van der Waals surface area contributed by atoms with E-state index in [0.717, 1.165) is 5.56 Å². The van der Waals surface area contributed by atoms with Gasteiger partial charge < -0.3 is 10.4 Å². The standard InChI is InChI=1S/C16H12Cl2N2O2/c17-13-5-12(6-14(18)7-13)15(21)16(22)20-9-11-3-1-2-10(4-11)8-19/h1-7,15,21H,9H2,(H,20,22). The minimum atomic E-state index is -1.37. The second-order valence-corrected chi connectivity index (χ2v) is 5.51. The van der Waals surface area contributed by atoms with Crippen molar-refractivity contribution in [2.24, 2.45) is 0 Å². The number of aliphatic hydroxyl groups excluding tert-OH is 1. The number of amides is 1. The summed E-state index contributed by atoms with van der Waals surface area (Å²) >= 11 is 11.7. The van der Waals surface area contributed by atoms with Crippen LogP contribution in [-0.2, 0) is 11.3 Å². The van der Waals surface area contributed by atoms with Gasteiger partial charge in [-0.05, 0) is 41.5 Å². The third-order valence-corrected chi connectivity index (χ3v) is 3.41. The number of carbonyl (C=O) groups is 1. The number of nitrogens with one attached hydrogen (secondary N) is 1. The first kappa shape index (κ1) is 16.3. The SMILES string of the molecule is N#Cc1cccc(CNC(=O)C(O)c2cc(Cl)cc(Cl)c2)c1. The second-order valence-electron chi connectivity index (χ2n) is 4.64. The van der Waals surface area contributed by atoms with Gasteiger partial charge in [0, 0.05) is 16.6 Å². The summed E-state index contributed by atoms with van der Waals surface area (Å²) in [7, 11) is 0. The molecule has 2 rings (SSSR count). The molecule has 0 aliphatic heterocycles. The molecule has 2 aromatic rings. The summed E-state index contributed by atoms with van der Waals surface area (Å²) in [6.07, 6.45) is -1.37. The molecule has 4 nitrogen and oxygen atoms in total. The summed E-state index contributed by atoms with van der Waals surface area (Å²) in [6.45, 7) is 0.208. The zero-order valence-corrected chi connectivity index (χ0v) is 12.9. The van der Waals surface area contributed by atoms with E-state index in [1.807, 2.05) is 6.07 Å². The third kappa shape index (κ3) is 4.22. The molecule has 0 aliphatic carbocycles. The Morgan fingerprint density at radius 3 is 2.55 bits per heavy atom. The number of nitriles is 1. The molecule has 0 spiro atoms. The Hall–Kier alpha value is -2.06. The minimum Gasteiger partial charge on any atom is -0.378 e. The molecule has 0 fully saturated rings. The lowest BCUT2D eigenvalue weighted by atomic mass is 10.1. The molecule has 0 saturated heterocycles. The van der Waals surface area contributed by atoms with Crippen molar-refractivity contribution in [2.45, 2.75) is 12.6 Å². The predicted molar refractivity (Wildman–Crippen MR) is 84.4 cm³/mol. The number of hydrogen-bond acceptors (Lipinski definition) is 3. The molecule has 0 saturated carbocycles. The van der Waals surface area contributed by atoms with Crippen LogP contribution < -0.4 is 5.32 Å². The van der Waals surface area contributed by atoms with E-state index < -0.39 is 12.0 Å². The van der Waals surface area contributed by atoms with Crippen molar-refractivity contribution < 1.29 is 9.90 Å². The number of carbonyl (C=O) groups excluding carboxylic acids is 1. The lowest BCUT2D eigenvalue weighted by molar-refractivity contribution is -0.129. The highest BCUT2D eigenvalue weighted by Crippen LogP contribution is 2.23. The summed E-state index contributed by atoms with van der Waals surface area (Å²) in [4.78, 5) is 12.0. The Kier molecular flexibility index (Phi) is 5.40. The van der Waals surface area contributed by atoms with Crippen molar-refractivity contribution in [1.82, 2.24) is 5.32 Å². The maximum atomic E-state index is 12.0. The number of aliphatic hydroxyl groups is 1. The van der Waals surface area contributed by atoms with E-state index in [-0.39, 0.29) is 6.54 Å². The minimum absolute atomic E-state index is 0.208. The maximum absolute atomic E-state index is 12.0. The highest BCUT2D eigenvalue weighted by Gasteiger charge is 2.18. The fraction of sp³-hybridized carbons (Fsp3) is 0.125. The third-order valence-electron chi connectivity index (χ3n) is 2.97. The first-order valence-electron chi connectivity index (χ1n) is 6.40. The largest absolute Gasteiger partial charge is 0.378 e. The van der Waals surface area contributed by atoms with Crippen molar-refractivity contribution in [1.29, 1.82) is 5.26 Å². The van der Waals surface area contributed by atoms with Gasteiger partial charge in [0.25, 0.3) is 5.91 Å². The van der Waals surface area contributed by atoms with Crippen LogP contribution in [-0.4, -0.2) is 11.0 Å². The first-order valence-corrected chi connectivity index (χ1v) is 7.16. The summed E-state index contributed by atoms with van der Waals surface area (Å²) in [5.41, 5.74) is 1.60. The van der Waals surface area contributed by atoms with Crippen LogP contribution in [0, 0.1) is 11.3 Å². The van der Waals surface area contributed by atoms with Crippen LogP contribution >= 0.6 is 23.2 Å². The van der Waals surface area contributed by atoms with Gasteiger partial charge >= 0.3 is 0 Å². The Bertz CT molecular complexity index is 721. The lowest BCUT2D eigenvalue weighted by Crippen LogP contribution is -2.28. The maximum Gasteiger partial charge on any atom is 0.253 e. The van der Waals surface area contributed by atoms with Crippen LogP contribution in [0.1, 0.15) is 22.8 Å². The topological polar surface area (TPSA) is 73.1 Å². The van der Waals surface area contributed by atoms with Gasteiger partial charge in [0.1, 0.15) is 0 Å². The number of nitrogens with zero attached hydrogens (tertiary/aromatic N) is 1. The highest BCUT2D eigenvalue weighted by molar-refractivity contribution is 6.34. The van der Waals surface area contributed by atoms with Crippen molar-refractivity contribution in [3.8, 4) is 6.07 Å². The summed E-state index contributed by atoms with van der Waals surface area (Å²) in [5, 5.41) is 22.2. The van der Waals surface area contributed by atoms with Crippen molar-refractivity contribution in [3.05, 3.63) is 69.2 Å². The summed E-state index contributed by atoms with van der Waals surface area (Å²) in [5.74, 6) is -0.569. The van der Waals surface area contributed by atoms with E-state index in [0.29, 0.717) is 21.2 Å². The average molecular weight is 335 g/mol. The fourth-order valence-electron chi connectivity index (χ4n) is 1.92. The normalized spacial score (nSPS) is 11.5. The van der Waals surface area contributed by atoms with Crippen LogP contribution in [0.5, 0.6) is 0 Å². The number of halogens is 2. The smallest absolute Gasteiger partial charge is 0.253 e. The van der Waals surface area contributed by atoms with Crippen molar-refractivity contribution >= 4 is 29.1 Å². The Morgan fingerprint density at radius 1 is 1.23 bits per heavy atom. The highest BCUT2D eigenvalue weighted by atomic mass is 35.5. The van der Waals surface area contributed by atoms with E-state index in [1.165, 1.54) is 18.2 Å². The van der Waals surface area contributed by atoms with Crippen LogP contribution in [0.4, 0.5) is 0 Å². The molecule has 0 aliphatic rings. The monoisotopic (exact) mass is 334 g/mol. The lowest BCUT2D eigenvalue weighted by Gasteiger charge is -2.12. The van der Waals surface area contributed by atoms with Gasteiger partial charge in [-0.15, -0.1) is 0 Å². The van der Waals surface area contributed by atoms with Gasteiger partial charge in [0.2, 0.25) is 0 Å². The zero-order valence-electron chi connectivity index (χ0n) is 11.4. The molecule has 22 heavy (non-hydrogen) atoms. The van der Waals surface area contributed by atoms with E-state index >= 15 is 0 Å². The fourth-order valence-corrected chi connectivity index (χ4v) is 2.46. The number of benzene rings is 2.